The Hall–Kier alpha value is -0.0800. The van der Waals surface area contributed by atoms with Crippen LogP contribution in [-0.2, 0) is 0 Å². The Morgan fingerprint density at radius 1 is 1.15 bits per heavy atom. The monoisotopic (exact) mass is 183 g/mol. The van der Waals surface area contributed by atoms with Crippen LogP contribution in [0.25, 0.3) is 0 Å². The second kappa shape index (κ2) is 3.58. The number of rotatable bonds is 2. The van der Waals surface area contributed by atoms with E-state index in [4.69, 9.17) is 0 Å². The first-order chi connectivity index (χ1) is 6.20. The molecule has 0 unspecified atom stereocenters. The van der Waals surface area contributed by atoms with Crippen molar-refractivity contribution in [2.75, 3.05) is 0 Å². The Kier molecular flexibility index (Phi) is 2.61. The lowest BCUT2D eigenvalue weighted by atomic mass is 9.98. The molecule has 0 spiro atoms. The van der Waals surface area contributed by atoms with Gasteiger partial charge in [0.1, 0.15) is 0 Å². The average molecular weight is 183 g/mol. The molecule has 2 aliphatic carbocycles. The van der Waals surface area contributed by atoms with Gasteiger partial charge in [-0.1, -0.05) is 12.8 Å². The fourth-order valence-electron chi connectivity index (χ4n) is 2.86. The van der Waals surface area contributed by atoms with Crippen LogP contribution in [0.5, 0.6) is 0 Å². The highest BCUT2D eigenvalue weighted by molar-refractivity contribution is 4.94. The maximum absolute atomic E-state index is 9.70. The molecule has 0 heterocycles. The first kappa shape index (κ1) is 9.47. The molecule has 0 aromatic carbocycles. The molecule has 0 aromatic rings. The Morgan fingerprint density at radius 3 is 2.38 bits per heavy atom. The quantitative estimate of drug-likeness (QED) is 0.684. The number of hydrogen-bond donors (Lipinski definition) is 2. The van der Waals surface area contributed by atoms with Crippen LogP contribution < -0.4 is 5.32 Å². The van der Waals surface area contributed by atoms with Crippen molar-refractivity contribution < 1.29 is 5.11 Å². The van der Waals surface area contributed by atoms with Crippen LogP contribution in [0.15, 0.2) is 0 Å². The maximum atomic E-state index is 9.70. The van der Waals surface area contributed by atoms with Gasteiger partial charge in [0.05, 0.1) is 6.10 Å². The van der Waals surface area contributed by atoms with Gasteiger partial charge in [0.15, 0.2) is 0 Å². The van der Waals surface area contributed by atoms with E-state index in [9.17, 15) is 5.11 Å². The third kappa shape index (κ3) is 2.05. The van der Waals surface area contributed by atoms with E-state index in [0.29, 0.717) is 11.6 Å². The summed E-state index contributed by atoms with van der Waals surface area (Å²) in [5, 5.41) is 13.4. The Bertz CT molecular complexity index is 175. The number of hydrogen-bond acceptors (Lipinski definition) is 2. The second-order valence-electron chi connectivity index (χ2n) is 5.02. The van der Waals surface area contributed by atoms with E-state index >= 15 is 0 Å². The molecule has 2 N–H and O–H groups in total. The molecular weight excluding hydrogens is 162 g/mol. The molecule has 2 atom stereocenters. The van der Waals surface area contributed by atoms with Gasteiger partial charge in [0, 0.05) is 11.6 Å². The molecule has 76 valence electrons. The molecule has 2 saturated carbocycles. The predicted octanol–water partition coefficient (Wildman–Crippen LogP) is 1.82. The minimum absolute atomic E-state index is 0.0857. The van der Waals surface area contributed by atoms with Crippen molar-refractivity contribution in [3.63, 3.8) is 0 Å². The van der Waals surface area contributed by atoms with Gasteiger partial charge >= 0.3 is 0 Å². The Labute approximate surface area is 80.7 Å². The number of nitrogens with one attached hydrogen (secondary N) is 1. The molecular formula is C11H21NO. The topological polar surface area (TPSA) is 32.3 Å². The molecule has 2 fully saturated rings. The molecule has 0 aromatic heterocycles. The summed E-state index contributed by atoms with van der Waals surface area (Å²) in [7, 11) is 0. The van der Waals surface area contributed by atoms with Crippen LogP contribution in [0, 0.1) is 0 Å². The normalized spacial score (nSPS) is 38.3. The van der Waals surface area contributed by atoms with Crippen LogP contribution in [0.4, 0.5) is 0 Å². The van der Waals surface area contributed by atoms with Crippen molar-refractivity contribution in [1.82, 2.24) is 5.32 Å². The number of aliphatic hydroxyl groups is 1. The molecule has 0 radical (unpaired) electrons. The van der Waals surface area contributed by atoms with Gasteiger partial charge in [-0.05, 0) is 39.0 Å². The lowest BCUT2D eigenvalue weighted by molar-refractivity contribution is 0.130. The summed E-state index contributed by atoms with van der Waals surface area (Å²) < 4.78 is 0. The summed E-state index contributed by atoms with van der Waals surface area (Å²) >= 11 is 0. The van der Waals surface area contributed by atoms with Gasteiger partial charge < -0.3 is 10.4 Å². The summed E-state index contributed by atoms with van der Waals surface area (Å²) in [6.07, 6.45) is 8.54. The fourth-order valence-corrected chi connectivity index (χ4v) is 2.86. The van der Waals surface area contributed by atoms with Gasteiger partial charge in [-0.25, -0.2) is 0 Å². The van der Waals surface area contributed by atoms with Gasteiger partial charge in [0.2, 0.25) is 0 Å². The van der Waals surface area contributed by atoms with Gasteiger partial charge in [-0.2, -0.15) is 0 Å². The molecule has 13 heavy (non-hydrogen) atoms. The standard InChI is InChI=1S/C11H21NO/c1-11(7-2-3-8-11)12-9-5-4-6-10(9)13/h9-10,12-13H,2-8H2,1H3/t9-,10-/m0/s1. The Morgan fingerprint density at radius 2 is 1.85 bits per heavy atom. The second-order valence-corrected chi connectivity index (χ2v) is 5.02. The molecule has 0 bridgehead atoms. The summed E-state index contributed by atoms with van der Waals surface area (Å²) in [6, 6.07) is 0.378. The Balaban J connectivity index is 1.88. The van der Waals surface area contributed by atoms with E-state index < -0.39 is 0 Å². The molecule has 0 saturated heterocycles. The summed E-state index contributed by atoms with van der Waals surface area (Å²) in [5.74, 6) is 0. The zero-order chi connectivity index (χ0) is 9.31. The fraction of sp³-hybridized carbons (Fsp3) is 1.00. The van der Waals surface area contributed by atoms with E-state index in [2.05, 4.69) is 12.2 Å². The summed E-state index contributed by atoms with van der Waals surface area (Å²) in [5.41, 5.74) is 0.329. The van der Waals surface area contributed by atoms with Crippen molar-refractivity contribution >= 4 is 0 Å². The summed E-state index contributed by atoms with van der Waals surface area (Å²) in [6.45, 7) is 2.31. The lowest BCUT2D eigenvalue weighted by Crippen LogP contribution is -2.49. The SMILES string of the molecule is CC1(N[C@H]2CCC[C@@H]2O)CCCC1. The highest BCUT2D eigenvalue weighted by Crippen LogP contribution is 2.31. The minimum Gasteiger partial charge on any atom is -0.392 e. The van der Waals surface area contributed by atoms with E-state index in [0.717, 1.165) is 12.8 Å². The van der Waals surface area contributed by atoms with Crippen molar-refractivity contribution in [2.24, 2.45) is 0 Å². The maximum Gasteiger partial charge on any atom is 0.0693 e. The van der Waals surface area contributed by atoms with Gasteiger partial charge in [0.25, 0.3) is 0 Å². The molecule has 0 amide bonds. The number of aliphatic hydroxyl groups excluding tert-OH is 1. The van der Waals surface area contributed by atoms with E-state index in [-0.39, 0.29) is 6.10 Å². The average Bonchev–Trinajstić information content (AvgIpc) is 2.64. The van der Waals surface area contributed by atoms with E-state index in [1.54, 1.807) is 0 Å². The first-order valence-corrected chi connectivity index (χ1v) is 5.65. The largest absolute Gasteiger partial charge is 0.392 e. The highest BCUT2D eigenvalue weighted by Gasteiger charge is 2.34. The van der Waals surface area contributed by atoms with Gasteiger partial charge in [-0.3, -0.25) is 0 Å². The van der Waals surface area contributed by atoms with Gasteiger partial charge in [-0.15, -0.1) is 0 Å². The summed E-state index contributed by atoms with van der Waals surface area (Å²) in [4.78, 5) is 0. The lowest BCUT2D eigenvalue weighted by Gasteiger charge is -2.31. The van der Waals surface area contributed by atoms with Crippen molar-refractivity contribution in [3.05, 3.63) is 0 Å². The molecule has 2 nitrogen and oxygen atoms in total. The van der Waals surface area contributed by atoms with Crippen molar-refractivity contribution in [3.8, 4) is 0 Å². The predicted molar refractivity (Wildman–Crippen MR) is 53.7 cm³/mol. The molecule has 2 rings (SSSR count). The smallest absolute Gasteiger partial charge is 0.0693 e. The van der Waals surface area contributed by atoms with E-state index in [1.165, 1.54) is 32.1 Å². The van der Waals surface area contributed by atoms with Crippen molar-refractivity contribution in [1.29, 1.82) is 0 Å². The van der Waals surface area contributed by atoms with Crippen LogP contribution in [0.3, 0.4) is 0 Å². The third-order valence-electron chi connectivity index (χ3n) is 3.72. The third-order valence-corrected chi connectivity index (χ3v) is 3.72. The van der Waals surface area contributed by atoms with E-state index in [1.807, 2.05) is 0 Å². The molecule has 2 aliphatic rings. The molecule has 0 aliphatic heterocycles. The zero-order valence-corrected chi connectivity index (χ0v) is 8.55. The molecule has 2 heteroatoms. The van der Waals surface area contributed by atoms with Crippen LogP contribution in [0.2, 0.25) is 0 Å². The van der Waals surface area contributed by atoms with Crippen LogP contribution in [0.1, 0.15) is 51.9 Å². The zero-order valence-electron chi connectivity index (χ0n) is 8.55. The van der Waals surface area contributed by atoms with Crippen molar-refractivity contribution in [2.45, 2.75) is 69.6 Å². The first-order valence-electron chi connectivity index (χ1n) is 5.65. The minimum atomic E-state index is -0.0857. The van der Waals surface area contributed by atoms with Crippen LogP contribution >= 0.6 is 0 Å². The van der Waals surface area contributed by atoms with Crippen LogP contribution in [-0.4, -0.2) is 22.8 Å². The highest BCUT2D eigenvalue weighted by atomic mass is 16.3.